The smallest absolute Gasteiger partial charge is 0.278 e. The zero-order valence-electron chi connectivity index (χ0n) is 11.9. The van der Waals surface area contributed by atoms with Crippen LogP contribution in [0.1, 0.15) is 21.7 Å². The summed E-state index contributed by atoms with van der Waals surface area (Å²) in [6.07, 6.45) is 1.26. The van der Waals surface area contributed by atoms with Gasteiger partial charge in [0.25, 0.3) is 15.9 Å². The van der Waals surface area contributed by atoms with E-state index in [-0.39, 0.29) is 10.9 Å². The third kappa shape index (κ3) is 3.22. The number of aromatic nitrogens is 2. The predicted molar refractivity (Wildman–Crippen MR) is 78.7 cm³/mol. The highest BCUT2D eigenvalue weighted by Crippen LogP contribution is 2.20. The van der Waals surface area contributed by atoms with Crippen LogP contribution < -0.4 is 10.0 Å². The van der Waals surface area contributed by atoms with Crippen LogP contribution in [-0.4, -0.2) is 31.3 Å². The summed E-state index contributed by atoms with van der Waals surface area (Å²) in [5.74, 6) is 0.291. The number of aryl methyl sites for hydroxylation is 2. The molecule has 0 aliphatic rings. The molecule has 0 spiro atoms. The van der Waals surface area contributed by atoms with E-state index in [1.54, 1.807) is 32.0 Å². The average molecular weight is 308 g/mol. The lowest BCUT2D eigenvalue weighted by atomic mass is 10.1. The number of nitrogens with one attached hydrogen (secondary N) is 3. The van der Waals surface area contributed by atoms with Crippen LogP contribution in [0.5, 0.6) is 0 Å². The van der Waals surface area contributed by atoms with Crippen LogP contribution in [0.2, 0.25) is 0 Å². The Hall–Kier alpha value is -2.35. The minimum Gasteiger partial charge on any atom is -0.355 e. The zero-order chi connectivity index (χ0) is 15.6. The van der Waals surface area contributed by atoms with E-state index in [0.717, 1.165) is 0 Å². The van der Waals surface area contributed by atoms with Crippen molar-refractivity contribution in [3.63, 3.8) is 0 Å². The lowest BCUT2D eigenvalue weighted by Crippen LogP contribution is -2.18. The average Bonchev–Trinajstić information content (AvgIpc) is 2.87. The summed E-state index contributed by atoms with van der Waals surface area (Å²) in [5.41, 5.74) is 1.53. The summed E-state index contributed by atoms with van der Waals surface area (Å²) in [6, 6.07) is 4.73. The van der Waals surface area contributed by atoms with Gasteiger partial charge in [-0.15, -0.1) is 0 Å². The quantitative estimate of drug-likeness (QED) is 0.789. The van der Waals surface area contributed by atoms with Crippen LogP contribution in [0.3, 0.4) is 0 Å². The first-order valence-electron chi connectivity index (χ1n) is 6.20. The van der Waals surface area contributed by atoms with Crippen molar-refractivity contribution in [2.75, 3.05) is 11.8 Å². The summed E-state index contributed by atoms with van der Waals surface area (Å²) in [7, 11) is -2.19. The molecular weight excluding hydrogens is 292 g/mol. The molecule has 8 heteroatoms. The van der Waals surface area contributed by atoms with Crippen molar-refractivity contribution in [3.05, 3.63) is 41.3 Å². The molecule has 0 bridgehead atoms. The number of carbonyl (C=O) groups excluding carboxylic acids is 1. The molecule has 2 aromatic rings. The number of nitrogens with zero attached hydrogens (tertiary/aromatic N) is 1. The van der Waals surface area contributed by atoms with E-state index in [1.165, 1.54) is 13.2 Å². The Morgan fingerprint density at radius 2 is 2.00 bits per heavy atom. The molecule has 7 nitrogen and oxygen atoms in total. The fraction of sp³-hybridized carbons (Fsp3) is 0.231. The molecule has 0 atom stereocenters. The molecule has 0 radical (unpaired) electrons. The molecule has 1 heterocycles. The fourth-order valence-electron chi connectivity index (χ4n) is 1.80. The van der Waals surface area contributed by atoms with Gasteiger partial charge in [0.05, 0.1) is 11.9 Å². The molecule has 0 fully saturated rings. The van der Waals surface area contributed by atoms with Crippen LogP contribution in [0.4, 0.5) is 5.69 Å². The van der Waals surface area contributed by atoms with Crippen molar-refractivity contribution in [1.82, 2.24) is 15.3 Å². The van der Waals surface area contributed by atoms with E-state index in [0.29, 0.717) is 22.6 Å². The number of benzene rings is 1. The molecule has 112 valence electrons. The van der Waals surface area contributed by atoms with Crippen molar-refractivity contribution in [1.29, 1.82) is 0 Å². The van der Waals surface area contributed by atoms with E-state index in [4.69, 9.17) is 0 Å². The third-order valence-corrected chi connectivity index (χ3v) is 4.20. The Bertz CT molecular complexity index is 780. The molecule has 21 heavy (non-hydrogen) atoms. The highest BCUT2D eigenvalue weighted by Gasteiger charge is 2.18. The summed E-state index contributed by atoms with van der Waals surface area (Å²) >= 11 is 0. The number of imidazole rings is 1. The number of carbonyl (C=O) groups is 1. The molecule has 0 aliphatic heterocycles. The molecule has 0 aliphatic carbocycles. The topological polar surface area (TPSA) is 104 Å². The number of H-pyrrole nitrogens is 1. The van der Waals surface area contributed by atoms with E-state index in [9.17, 15) is 13.2 Å². The standard InChI is InChI=1S/C13H16N4O3S/c1-8-6-10(13(18)14-3)4-5-11(8)17-21(19,20)12-7-15-9(2)16-12/h4-7,17H,1-3H3,(H,14,18)(H,15,16). The SMILES string of the molecule is CNC(=O)c1ccc(NS(=O)(=O)c2cnc(C)[nH]2)c(C)c1. The fourth-order valence-corrected chi connectivity index (χ4v) is 2.90. The lowest BCUT2D eigenvalue weighted by Gasteiger charge is -2.10. The monoisotopic (exact) mass is 308 g/mol. The molecule has 1 amide bonds. The molecule has 0 saturated carbocycles. The normalized spacial score (nSPS) is 11.2. The van der Waals surface area contributed by atoms with E-state index in [1.807, 2.05) is 0 Å². The number of hydrogen-bond acceptors (Lipinski definition) is 4. The molecule has 2 rings (SSSR count). The first-order chi connectivity index (χ1) is 9.83. The Morgan fingerprint density at radius 1 is 1.29 bits per heavy atom. The summed E-state index contributed by atoms with van der Waals surface area (Å²) in [4.78, 5) is 18.1. The van der Waals surface area contributed by atoms with Gasteiger partial charge in [-0.25, -0.2) is 4.98 Å². The van der Waals surface area contributed by atoms with Crippen molar-refractivity contribution >= 4 is 21.6 Å². The maximum absolute atomic E-state index is 12.2. The highest BCUT2D eigenvalue weighted by molar-refractivity contribution is 7.92. The van der Waals surface area contributed by atoms with Gasteiger partial charge >= 0.3 is 0 Å². The molecule has 1 aromatic heterocycles. The number of sulfonamides is 1. The van der Waals surface area contributed by atoms with E-state index < -0.39 is 10.0 Å². The maximum atomic E-state index is 12.2. The number of hydrogen-bond donors (Lipinski definition) is 3. The van der Waals surface area contributed by atoms with Gasteiger partial charge in [0.15, 0.2) is 5.03 Å². The molecule has 0 saturated heterocycles. The number of aromatic amines is 1. The Balaban J connectivity index is 2.30. The second-order valence-electron chi connectivity index (χ2n) is 4.55. The van der Waals surface area contributed by atoms with Gasteiger partial charge in [-0.3, -0.25) is 9.52 Å². The van der Waals surface area contributed by atoms with Crippen LogP contribution in [-0.2, 0) is 10.0 Å². The van der Waals surface area contributed by atoms with Crippen LogP contribution in [0.15, 0.2) is 29.4 Å². The second kappa shape index (κ2) is 5.57. The summed E-state index contributed by atoms with van der Waals surface area (Å²) in [5, 5.41) is 2.51. The van der Waals surface area contributed by atoms with Crippen molar-refractivity contribution in [3.8, 4) is 0 Å². The highest BCUT2D eigenvalue weighted by atomic mass is 32.2. The van der Waals surface area contributed by atoms with Crippen LogP contribution in [0.25, 0.3) is 0 Å². The third-order valence-electron chi connectivity index (χ3n) is 2.93. The van der Waals surface area contributed by atoms with Gasteiger partial charge in [-0.2, -0.15) is 8.42 Å². The molecule has 1 aromatic carbocycles. The van der Waals surface area contributed by atoms with E-state index >= 15 is 0 Å². The van der Waals surface area contributed by atoms with Gasteiger partial charge in [-0.05, 0) is 37.6 Å². The number of rotatable bonds is 4. The lowest BCUT2D eigenvalue weighted by molar-refractivity contribution is 0.0963. The Labute approximate surface area is 122 Å². The van der Waals surface area contributed by atoms with E-state index in [2.05, 4.69) is 20.0 Å². The minimum atomic E-state index is -3.72. The first kappa shape index (κ1) is 15.0. The summed E-state index contributed by atoms with van der Waals surface area (Å²) in [6.45, 7) is 3.39. The zero-order valence-corrected chi connectivity index (χ0v) is 12.7. The van der Waals surface area contributed by atoms with Crippen LogP contribution >= 0.6 is 0 Å². The largest absolute Gasteiger partial charge is 0.355 e. The first-order valence-corrected chi connectivity index (χ1v) is 7.69. The van der Waals surface area contributed by atoms with Gasteiger partial charge in [0.1, 0.15) is 5.82 Å². The van der Waals surface area contributed by atoms with Crippen molar-refractivity contribution in [2.24, 2.45) is 0 Å². The van der Waals surface area contributed by atoms with Gasteiger partial charge < -0.3 is 10.3 Å². The van der Waals surface area contributed by atoms with Crippen LogP contribution in [0, 0.1) is 13.8 Å². The van der Waals surface area contributed by atoms with Crippen molar-refractivity contribution in [2.45, 2.75) is 18.9 Å². The van der Waals surface area contributed by atoms with Gasteiger partial charge in [0, 0.05) is 12.6 Å². The van der Waals surface area contributed by atoms with Crippen molar-refractivity contribution < 1.29 is 13.2 Å². The maximum Gasteiger partial charge on any atom is 0.278 e. The predicted octanol–water partition coefficient (Wildman–Crippen LogP) is 1.19. The Kier molecular flexibility index (Phi) is 3.99. The molecule has 3 N–H and O–H groups in total. The Morgan fingerprint density at radius 3 is 2.52 bits per heavy atom. The van der Waals surface area contributed by atoms with Gasteiger partial charge in [-0.1, -0.05) is 0 Å². The second-order valence-corrected chi connectivity index (χ2v) is 6.20. The van der Waals surface area contributed by atoms with Gasteiger partial charge in [0.2, 0.25) is 0 Å². The number of amides is 1. The molecular formula is C13H16N4O3S. The molecule has 0 unspecified atom stereocenters. The minimum absolute atomic E-state index is 0.00484. The number of anilines is 1. The summed E-state index contributed by atoms with van der Waals surface area (Å²) < 4.78 is 26.8.